The Kier molecular flexibility index (Phi) is 6.89. The predicted octanol–water partition coefficient (Wildman–Crippen LogP) is 4.95. The molecule has 1 heterocycles. The van der Waals surface area contributed by atoms with Crippen molar-refractivity contribution in [3.05, 3.63) is 58.1 Å². The molecule has 1 aliphatic heterocycles. The lowest BCUT2D eigenvalue weighted by Crippen LogP contribution is -2.42. The first-order valence-electron chi connectivity index (χ1n) is 9.49. The van der Waals surface area contributed by atoms with Crippen molar-refractivity contribution in [1.29, 1.82) is 0 Å². The van der Waals surface area contributed by atoms with Gasteiger partial charge in [0.2, 0.25) is 10.0 Å². The van der Waals surface area contributed by atoms with Crippen molar-refractivity contribution in [2.24, 2.45) is 11.8 Å². The molecule has 5 nitrogen and oxygen atoms in total. The van der Waals surface area contributed by atoms with E-state index in [4.69, 9.17) is 23.2 Å². The second-order valence-electron chi connectivity index (χ2n) is 7.70. The molecule has 156 valence electrons. The number of hydrogen-bond acceptors (Lipinski definition) is 4. The first-order valence-corrected chi connectivity index (χ1v) is 11.7. The van der Waals surface area contributed by atoms with Gasteiger partial charge in [0.05, 0.1) is 22.2 Å². The molecule has 0 bridgehead atoms. The van der Waals surface area contributed by atoms with E-state index >= 15 is 0 Å². The van der Waals surface area contributed by atoms with Crippen LogP contribution in [0.15, 0.2) is 47.4 Å². The number of carbonyl (C=O) groups excluding carboxylic acids is 1. The van der Waals surface area contributed by atoms with Crippen LogP contribution in [0.4, 0.5) is 5.69 Å². The number of Topliss-reactive ketones (excluding diaryl/α,β-unsaturated/α-hetero) is 1. The summed E-state index contributed by atoms with van der Waals surface area (Å²) in [6, 6.07) is 11.2. The molecule has 0 spiro atoms. The van der Waals surface area contributed by atoms with Crippen molar-refractivity contribution in [3.8, 4) is 0 Å². The highest BCUT2D eigenvalue weighted by Crippen LogP contribution is 2.28. The first kappa shape index (κ1) is 22.1. The SMILES string of the molecule is CC1CC(C)CN(S(=O)(=O)c2cccc(C(=O)CNc3ccc(Cl)cc3Cl)c2)C1. The molecule has 2 atom stereocenters. The number of nitrogens with zero attached hydrogens (tertiary/aromatic N) is 1. The predicted molar refractivity (Wildman–Crippen MR) is 117 cm³/mol. The lowest BCUT2D eigenvalue weighted by atomic mass is 9.94. The Morgan fingerprint density at radius 2 is 1.79 bits per heavy atom. The van der Waals surface area contributed by atoms with Crippen molar-refractivity contribution in [3.63, 3.8) is 0 Å². The maximum Gasteiger partial charge on any atom is 0.243 e. The molecule has 0 aliphatic carbocycles. The summed E-state index contributed by atoms with van der Waals surface area (Å²) in [5, 5.41) is 3.89. The maximum absolute atomic E-state index is 13.1. The lowest BCUT2D eigenvalue weighted by Gasteiger charge is -2.34. The van der Waals surface area contributed by atoms with Gasteiger partial charge in [-0.2, -0.15) is 4.31 Å². The van der Waals surface area contributed by atoms with Gasteiger partial charge in [0.1, 0.15) is 0 Å². The van der Waals surface area contributed by atoms with Crippen LogP contribution in [0, 0.1) is 11.8 Å². The Bertz CT molecular complexity index is 1000. The van der Waals surface area contributed by atoms with E-state index in [1.54, 1.807) is 36.4 Å². The highest BCUT2D eigenvalue weighted by molar-refractivity contribution is 7.89. The van der Waals surface area contributed by atoms with Crippen molar-refractivity contribution in [1.82, 2.24) is 4.31 Å². The van der Waals surface area contributed by atoms with E-state index in [9.17, 15) is 13.2 Å². The third kappa shape index (κ3) is 5.31. The zero-order valence-electron chi connectivity index (χ0n) is 16.4. The van der Waals surface area contributed by atoms with E-state index in [-0.39, 0.29) is 17.2 Å². The van der Waals surface area contributed by atoms with Crippen LogP contribution in [-0.4, -0.2) is 38.1 Å². The smallest absolute Gasteiger partial charge is 0.243 e. The molecule has 29 heavy (non-hydrogen) atoms. The van der Waals surface area contributed by atoms with Crippen molar-refractivity contribution in [2.45, 2.75) is 25.2 Å². The van der Waals surface area contributed by atoms with Gasteiger partial charge < -0.3 is 5.32 Å². The molecule has 3 rings (SSSR count). The number of carbonyl (C=O) groups is 1. The molecule has 1 saturated heterocycles. The van der Waals surface area contributed by atoms with E-state index in [2.05, 4.69) is 19.2 Å². The third-order valence-corrected chi connectivity index (χ3v) is 7.38. The number of halogens is 2. The molecular weight excluding hydrogens is 431 g/mol. The second kappa shape index (κ2) is 9.04. The number of nitrogens with one attached hydrogen (secondary N) is 1. The van der Waals surface area contributed by atoms with E-state index in [1.807, 2.05) is 0 Å². The largest absolute Gasteiger partial charge is 0.376 e. The normalized spacial score (nSPS) is 20.4. The molecule has 2 aromatic carbocycles. The summed E-state index contributed by atoms with van der Waals surface area (Å²) in [5.41, 5.74) is 0.922. The fourth-order valence-corrected chi connectivity index (χ4v) is 5.89. The average Bonchev–Trinajstić information content (AvgIpc) is 2.66. The van der Waals surface area contributed by atoms with Crippen LogP contribution < -0.4 is 5.32 Å². The molecule has 2 aromatic rings. The first-order chi connectivity index (χ1) is 13.7. The second-order valence-corrected chi connectivity index (χ2v) is 10.5. The van der Waals surface area contributed by atoms with Crippen molar-refractivity contribution in [2.75, 3.05) is 25.0 Å². The number of rotatable bonds is 6. The Hall–Kier alpha value is -1.60. The van der Waals surface area contributed by atoms with Crippen LogP contribution >= 0.6 is 23.2 Å². The minimum Gasteiger partial charge on any atom is -0.376 e. The van der Waals surface area contributed by atoms with Gasteiger partial charge in [-0.3, -0.25) is 4.79 Å². The summed E-state index contributed by atoms with van der Waals surface area (Å²) in [6.07, 6.45) is 1.02. The maximum atomic E-state index is 13.1. The molecule has 0 radical (unpaired) electrons. The van der Waals surface area contributed by atoms with Crippen LogP contribution in [0.5, 0.6) is 0 Å². The number of piperidine rings is 1. The molecule has 0 saturated carbocycles. The van der Waals surface area contributed by atoms with Gasteiger partial charge in [-0.1, -0.05) is 49.2 Å². The third-order valence-electron chi connectivity index (χ3n) is 5.00. The minimum absolute atomic E-state index is 0.0113. The van der Waals surface area contributed by atoms with Crippen LogP contribution in [0.2, 0.25) is 10.0 Å². The molecule has 1 fully saturated rings. The number of hydrogen-bond donors (Lipinski definition) is 1. The van der Waals surface area contributed by atoms with Crippen LogP contribution in [-0.2, 0) is 10.0 Å². The standard InChI is InChI=1S/C21H24Cl2N2O3S/c1-14-8-15(2)13-25(12-14)29(27,28)18-5-3-4-16(9-18)21(26)11-24-20-7-6-17(22)10-19(20)23/h3-7,9-10,14-15,24H,8,11-13H2,1-2H3. The molecule has 2 unspecified atom stereocenters. The quantitative estimate of drug-likeness (QED) is 0.626. The molecule has 1 aliphatic rings. The van der Waals surface area contributed by atoms with E-state index in [0.717, 1.165) is 6.42 Å². The monoisotopic (exact) mass is 454 g/mol. The van der Waals surface area contributed by atoms with Gasteiger partial charge in [0, 0.05) is 23.7 Å². The highest BCUT2D eigenvalue weighted by Gasteiger charge is 2.31. The number of benzene rings is 2. The zero-order chi connectivity index (χ0) is 21.2. The Labute approximate surface area is 182 Å². The van der Waals surface area contributed by atoms with Crippen molar-refractivity contribution < 1.29 is 13.2 Å². The minimum atomic E-state index is -3.64. The van der Waals surface area contributed by atoms with Crippen LogP contribution in [0.25, 0.3) is 0 Å². The van der Waals surface area contributed by atoms with Crippen LogP contribution in [0.1, 0.15) is 30.6 Å². The molecule has 0 aromatic heterocycles. The fourth-order valence-electron chi connectivity index (χ4n) is 3.69. The van der Waals surface area contributed by atoms with Gasteiger partial charge in [-0.15, -0.1) is 0 Å². The van der Waals surface area contributed by atoms with Gasteiger partial charge in [-0.05, 0) is 48.6 Å². The summed E-state index contributed by atoms with van der Waals surface area (Å²) < 4.78 is 27.7. The average molecular weight is 455 g/mol. The summed E-state index contributed by atoms with van der Waals surface area (Å²) in [7, 11) is -3.64. The molecular formula is C21H24Cl2N2O3S. The Morgan fingerprint density at radius 1 is 1.10 bits per heavy atom. The van der Waals surface area contributed by atoms with E-state index in [1.165, 1.54) is 10.4 Å². The summed E-state index contributed by atoms with van der Waals surface area (Å²) in [4.78, 5) is 12.8. The topological polar surface area (TPSA) is 66.5 Å². The van der Waals surface area contributed by atoms with Gasteiger partial charge in [0.15, 0.2) is 5.78 Å². The van der Waals surface area contributed by atoms with Gasteiger partial charge >= 0.3 is 0 Å². The lowest BCUT2D eigenvalue weighted by molar-refractivity contribution is 0.101. The Morgan fingerprint density at radius 3 is 2.45 bits per heavy atom. The highest BCUT2D eigenvalue weighted by atomic mass is 35.5. The number of sulfonamides is 1. The van der Waals surface area contributed by atoms with Gasteiger partial charge in [-0.25, -0.2) is 8.42 Å². The van der Waals surface area contributed by atoms with Gasteiger partial charge in [0.25, 0.3) is 0 Å². The molecule has 8 heteroatoms. The van der Waals surface area contributed by atoms with E-state index in [0.29, 0.717) is 46.2 Å². The Balaban J connectivity index is 1.75. The molecule has 1 N–H and O–H groups in total. The summed E-state index contributed by atoms with van der Waals surface area (Å²) >= 11 is 12.0. The summed E-state index contributed by atoms with van der Waals surface area (Å²) in [6.45, 7) is 5.11. The fraction of sp³-hybridized carbons (Fsp3) is 0.381. The zero-order valence-corrected chi connectivity index (χ0v) is 18.7. The van der Waals surface area contributed by atoms with E-state index < -0.39 is 10.0 Å². The number of ketones is 1. The summed E-state index contributed by atoms with van der Waals surface area (Å²) in [5.74, 6) is 0.395. The van der Waals surface area contributed by atoms with Crippen molar-refractivity contribution >= 4 is 44.7 Å². The van der Waals surface area contributed by atoms with Crippen LogP contribution in [0.3, 0.4) is 0 Å². The number of anilines is 1. The molecule has 0 amide bonds.